The molecule has 3 rings (SSSR count). The van der Waals surface area contributed by atoms with Gasteiger partial charge in [-0.05, 0) is 51.7 Å². The summed E-state index contributed by atoms with van der Waals surface area (Å²) < 4.78 is 0.833. The number of benzene rings is 2. The molecule has 3 N–H and O–H groups in total. The minimum Gasteiger partial charge on any atom is -0.398 e. The summed E-state index contributed by atoms with van der Waals surface area (Å²) in [7, 11) is 0. The van der Waals surface area contributed by atoms with E-state index in [-0.39, 0.29) is 11.8 Å². The van der Waals surface area contributed by atoms with Crippen LogP contribution in [0.3, 0.4) is 0 Å². The standard InChI is InChI=1S/C15H13BrN2O/c16-13-6-5-10(8-14(13)17)18-15(19)12-7-9-3-1-2-4-11(9)12/h1-6,8,12H,7,17H2,(H,18,19). The third-order valence-electron chi connectivity index (χ3n) is 3.43. The molecule has 2 aromatic rings. The van der Waals surface area contributed by atoms with Crippen LogP contribution in [-0.4, -0.2) is 5.91 Å². The smallest absolute Gasteiger partial charge is 0.232 e. The molecule has 0 saturated carbocycles. The van der Waals surface area contributed by atoms with Crippen LogP contribution in [0.2, 0.25) is 0 Å². The zero-order valence-electron chi connectivity index (χ0n) is 10.2. The molecule has 0 radical (unpaired) electrons. The molecule has 0 spiro atoms. The number of nitrogens with two attached hydrogens (primary N) is 1. The molecule has 0 heterocycles. The highest BCUT2D eigenvalue weighted by Gasteiger charge is 2.31. The number of anilines is 2. The highest BCUT2D eigenvalue weighted by Crippen LogP contribution is 2.35. The topological polar surface area (TPSA) is 55.1 Å². The second-order valence-corrected chi connectivity index (χ2v) is 5.54. The van der Waals surface area contributed by atoms with Gasteiger partial charge in [0, 0.05) is 15.8 Å². The highest BCUT2D eigenvalue weighted by atomic mass is 79.9. The fraction of sp³-hybridized carbons (Fsp3) is 0.133. The van der Waals surface area contributed by atoms with Gasteiger partial charge in [-0.15, -0.1) is 0 Å². The molecule has 0 fully saturated rings. The molecule has 1 amide bonds. The van der Waals surface area contributed by atoms with E-state index in [1.54, 1.807) is 6.07 Å². The predicted octanol–water partition coefficient (Wildman–Crippen LogP) is 3.31. The van der Waals surface area contributed by atoms with Crippen LogP contribution in [0, 0.1) is 0 Å². The molecular formula is C15H13BrN2O. The van der Waals surface area contributed by atoms with E-state index in [0.717, 1.165) is 22.1 Å². The summed E-state index contributed by atoms with van der Waals surface area (Å²) in [4.78, 5) is 12.2. The van der Waals surface area contributed by atoms with E-state index >= 15 is 0 Å². The van der Waals surface area contributed by atoms with Crippen molar-refractivity contribution in [2.24, 2.45) is 0 Å². The van der Waals surface area contributed by atoms with Gasteiger partial charge in [0.15, 0.2) is 0 Å². The number of hydrogen-bond acceptors (Lipinski definition) is 2. The number of carbonyl (C=O) groups excluding carboxylic acids is 1. The SMILES string of the molecule is Nc1cc(NC(=O)C2Cc3ccccc32)ccc1Br. The Morgan fingerprint density at radius 2 is 2.05 bits per heavy atom. The lowest BCUT2D eigenvalue weighted by molar-refractivity contribution is -0.118. The molecule has 1 aliphatic rings. The van der Waals surface area contributed by atoms with Crippen molar-refractivity contribution in [2.75, 3.05) is 11.1 Å². The maximum Gasteiger partial charge on any atom is 0.232 e. The lowest BCUT2D eigenvalue weighted by Crippen LogP contribution is -2.30. The number of amides is 1. The van der Waals surface area contributed by atoms with Gasteiger partial charge in [-0.25, -0.2) is 0 Å². The average molecular weight is 317 g/mol. The summed E-state index contributed by atoms with van der Waals surface area (Å²) in [5, 5.41) is 2.91. The predicted molar refractivity (Wildman–Crippen MR) is 80.1 cm³/mol. The molecule has 96 valence electrons. The van der Waals surface area contributed by atoms with Crippen LogP contribution in [0.15, 0.2) is 46.9 Å². The summed E-state index contributed by atoms with van der Waals surface area (Å²) in [6.45, 7) is 0. The Hall–Kier alpha value is -1.81. The average Bonchev–Trinajstić information content (AvgIpc) is 2.35. The molecule has 19 heavy (non-hydrogen) atoms. The van der Waals surface area contributed by atoms with Gasteiger partial charge in [0.2, 0.25) is 5.91 Å². The van der Waals surface area contributed by atoms with E-state index in [2.05, 4.69) is 27.3 Å². The van der Waals surface area contributed by atoms with Gasteiger partial charge in [-0.2, -0.15) is 0 Å². The first-order valence-corrected chi connectivity index (χ1v) is 6.88. The van der Waals surface area contributed by atoms with Gasteiger partial charge in [-0.1, -0.05) is 24.3 Å². The molecule has 0 aromatic heterocycles. The molecule has 0 bridgehead atoms. The Morgan fingerprint density at radius 1 is 1.26 bits per heavy atom. The molecular weight excluding hydrogens is 304 g/mol. The van der Waals surface area contributed by atoms with Crippen molar-refractivity contribution in [3.63, 3.8) is 0 Å². The number of fused-ring (bicyclic) bond motifs is 1. The number of nitrogen functional groups attached to an aromatic ring is 1. The molecule has 3 nitrogen and oxygen atoms in total. The largest absolute Gasteiger partial charge is 0.398 e. The molecule has 0 saturated heterocycles. The second kappa shape index (κ2) is 4.70. The van der Waals surface area contributed by atoms with Crippen LogP contribution in [0.1, 0.15) is 17.0 Å². The van der Waals surface area contributed by atoms with Crippen molar-refractivity contribution in [1.29, 1.82) is 0 Å². The fourth-order valence-corrected chi connectivity index (χ4v) is 2.59. The van der Waals surface area contributed by atoms with Gasteiger partial charge in [0.1, 0.15) is 0 Å². The van der Waals surface area contributed by atoms with Crippen LogP contribution in [-0.2, 0) is 11.2 Å². The first-order chi connectivity index (χ1) is 9.15. The summed E-state index contributed by atoms with van der Waals surface area (Å²) in [5.74, 6) is -0.0125. The summed E-state index contributed by atoms with van der Waals surface area (Å²) in [6, 6.07) is 13.5. The van der Waals surface area contributed by atoms with Crippen LogP contribution < -0.4 is 11.1 Å². The van der Waals surface area contributed by atoms with E-state index < -0.39 is 0 Å². The third-order valence-corrected chi connectivity index (χ3v) is 4.16. The number of halogens is 1. The Kier molecular flexibility index (Phi) is 3.03. The molecule has 2 aromatic carbocycles. The molecule has 1 aliphatic carbocycles. The molecule has 1 unspecified atom stereocenters. The van der Waals surface area contributed by atoms with Crippen molar-refractivity contribution in [2.45, 2.75) is 12.3 Å². The van der Waals surface area contributed by atoms with Gasteiger partial charge < -0.3 is 11.1 Å². The zero-order chi connectivity index (χ0) is 13.4. The van der Waals surface area contributed by atoms with Crippen molar-refractivity contribution < 1.29 is 4.79 Å². The van der Waals surface area contributed by atoms with Crippen molar-refractivity contribution in [3.8, 4) is 0 Å². The molecule has 1 atom stereocenters. The van der Waals surface area contributed by atoms with E-state index in [9.17, 15) is 4.79 Å². The summed E-state index contributed by atoms with van der Waals surface area (Å²) in [5.41, 5.74) is 9.54. The van der Waals surface area contributed by atoms with Crippen LogP contribution in [0.25, 0.3) is 0 Å². The second-order valence-electron chi connectivity index (χ2n) is 4.68. The van der Waals surface area contributed by atoms with E-state index in [0.29, 0.717) is 5.69 Å². The monoisotopic (exact) mass is 316 g/mol. The zero-order valence-corrected chi connectivity index (χ0v) is 11.8. The first-order valence-electron chi connectivity index (χ1n) is 6.09. The van der Waals surface area contributed by atoms with Crippen molar-refractivity contribution >= 4 is 33.2 Å². The minimum absolute atomic E-state index is 0.0282. The fourth-order valence-electron chi connectivity index (χ4n) is 2.34. The Labute approximate surface area is 119 Å². The molecule has 0 aliphatic heterocycles. The van der Waals surface area contributed by atoms with Crippen LogP contribution in [0.5, 0.6) is 0 Å². The highest BCUT2D eigenvalue weighted by molar-refractivity contribution is 9.10. The summed E-state index contributed by atoms with van der Waals surface area (Å²) >= 11 is 3.33. The van der Waals surface area contributed by atoms with Gasteiger partial charge in [-0.3, -0.25) is 4.79 Å². The van der Waals surface area contributed by atoms with E-state index in [4.69, 9.17) is 5.73 Å². The van der Waals surface area contributed by atoms with Crippen molar-refractivity contribution in [3.05, 3.63) is 58.1 Å². The minimum atomic E-state index is -0.0407. The quantitative estimate of drug-likeness (QED) is 0.835. The molecule has 4 heteroatoms. The number of nitrogens with one attached hydrogen (secondary N) is 1. The normalized spacial score (nSPS) is 16.4. The maximum atomic E-state index is 12.2. The lowest BCUT2D eigenvalue weighted by Gasteiger charge is -2.28. The van der Waals surface area contributed by atoms with Gasteiger partial charge >= 0.3 is 0 Å². The third kappa shape index (κ3) is 2.24. The van der Waals surface area contributed by atoms with Crippen LogP contribution in [0.4, 0.5) is 11.4 Å². The Balaban J connectivity index is 1.75. The summed E-state index contributed by atoms with van der Waals surface area (Å²) in [6.07, 6.45) is 0.814. The number of rotatable bonds is 2. The maximum absolute atomic E-state index is 12.2. The van der Waals surface area contributed by atoms with E-state index in [1.807, 2.05) is 30.3 Å². The van der Waals surface area contributed by atoms with Crippen LogP contribution >= 0.6 is 15.9 Å². The number of carbonyl (C=O) groups is 1. The number of hydrogen-bond donors (Lipinski definition) is 2. The lowest BCUT2D eigenvalue weighted by atomic mass is 9.77. The van der Waals surface area contributed by atoms with Gasteiger partial charge in [0.25, 0.3) is 0 Å². The van der Waals surface area contributed by atoms with E-state index in [1.165, 1.54) is 5.56 Å². The first kappa shape index (κ1) is 12.2. The Morgan fingerprint density at radius 3 is 2.79 bits per heavy atom. The van der Waals surface area contributed by atoms with Gasteiger partial charge in [0.05, 0.1) is 5.92 Å². The Bertz CT molecular complexity index is 654. The van der Waals surface area contributed by atoms with Crippen molar-refractivity contribution in [1.82, 2.24) is 0 Å².